The number of hydrogen-bond acceptors (Lipinski definition) is 0. The van der Waals surface area contributed by atoms with Crippen molar-refractivity contribution < 1.29 is 63.2 Å². The molecule has 3 atom stereocenters. The van der Waals surface area contributed by atoms with E-state index in [0.29, 0.717) is 24.0 Å². The maximum atomic E-state index is 4.52. The van der Waals surface area contributed by atoms with Crippen molar-refractivity contribution in [2.75, 3.05) is 13.1 Å². The average Bonchev–Trinajstić information content (AvgIpc) is 3.03. The van der Waals surface area contributed by atoms with Crippen molar-refractivity contribution in [3.05, 3.63) is 59.6 Å². The predicted molar refractivity (Wildman–Crippen MR) is 196 cm³/mol. The van der Waals surface area contributed by atoms with Crippen LogP contribution in [0.25, 0.3) is 16.0 Å². The largest absolute Gasteiger partial charge is 2.00 e. The van der Waals surface area contributed by atoms with Crippen LogP contribution in [-0.4, -0.2) is 31.2 Å². The molecule has 0 amide bonds. The van der Waals surface area contributed by atoms with E-state index in [1.165, 1.54) is 77.0 Å². The molecule has 3 saturated carbocycles. The first kappa shape index (κ1) is 58.5. The summed E-state index contributed by atoms with van der Waals surface area (Å²) in [5.74, 6) is 2.23. The Morgan fingerprint density at radius 1 is 0.556 bits per heavy atom. The van der Waals surface area contributed by atoms with E-state index in [1.54, 1.807) is 0 Å². The van der Waals surface area contributed by atoms with Crippen LogP contribution in [-0.2, 0) is 63.2 Å². The molecule has 0 spiro atoms. The van der Waals surface area contributed by atoms with Gasteiger partial charge in [-0.2, -0.15) is 37.9 Å². The molecule has 0 aromatic rings. The van der Waals surface area contributed by atoms with Crippen molar-refractivity contribution >= 4 is 0 Å². The Bertz CT molecular complexity index is 536. The average molecular weight is 1140 g/mol. The Labute approximate surface area is 329 Å². The monoisotopic (exact) mass is 1140 g/mol. The van der Waals surface area contributed by atoms with Crippen LogP contribution in [0.1, 0.15) is 160 Å². The Morgan fingerprint density at radius 2 is 1.00 bits per heavy atom. The van der Waals surface area contributed by atoms with E-state index in [1.807, 2.05) is 47.7 Å². The summed E-state index contributed by atoms with van der Waals surface area (Å²) < 4.78 is 0. The minimum absolute atomic E-state index is 0. The molecule has 3 nitrogen and oxygen atoms in total. The molecule has 0 aromatic heterocycles. The molecule has 3 rings (SSSR count). The van der Waals surface area contributed by atoms with E-state index in [-0.39, 0.29) is 63.2 Å². The summed E-state index contributed by atoms with van der Waals surface area (Å²) in [5, 5.41) is 13.2. The van der Waals surface area contributed by atoms with Crippen LogP contribution < -0.4 is 0 Å². The molecule has 6 heteroatoms. The third-order valence-electron chi connectivity index (χ3n) is 6.83. The van der Waals surface area contributed by atoms with Crippen LogP contribution in [0.3, 0.4) is 0 Å². The van der Waals surface area contributed by atoms with Gasteiger partial charge in [0.2, 0.25) is 0 Å². The first-order valence-electron chi connectivity index (χ1n) is 18.2. The topological polar surface area (TPSA) is 42.3 Å². The van der Waals surface area contributed by atoms with E-state index in [0.717, 1.165) is 24.9 Å². The standard InChI is InChI=1S/C12H21N.C11H19N.C10H19N.3C2H6.3W/c1-11(2)13-10-6-9-12-7-4-3-5-8-12;1-10(2)12-9-8-11-6-4-3-5-7-11;1-9(2)11-8-10-6-4-3-5-7-10;3*1-2;;;/h6-7,9,11-12H,3-5,8,10H2,1-2H3;6,8-11H,3-5,7H2,1-2H3;6,9-10H,3-5,7-8H2,1-2H3;3*1-2H3;;;/q3*-2;;;;3*+2. The van der Waals surface area contributed by atoms with Crippen LogP contribution in [0.15, 0.2) is 24.4 Å². The van der Waals surface area contributed by atoms with Gasteiger partial charge in [0.1, 0.15) is 0 Å². The van der Waals surface area contributed by atoms with E-state index in [9.17, 15) is 0 Å². The molecule has 266 valence electrons. The zero-order chi connectivity index (χ0) is 32.4. The van der Waals surface area contributed by atoms with Gasteiger partial charge in [-0.15, -0.1) is 54.7 Å². The second-order valence-corrected chi connectivity index (χ2v) is 11.6. The third-order valence-corrected chi connectivity index (χ3v) is 6.83. The summed E-state index contributed by atoms with van der Waals surface area (Å²) >= 11 is 0. The van der Waals surface area contributed by atoms with Crippen molar-refractivity contribution in [3.8, 4) is 0 Å². The summed E-state index contributed by atoms with van der Waals surface area (Å²) in [7, 11) is 0. The van der Waals surface area contributed by atoms with Gasteiger partial charge in [-0.25, -0.2) is 0 Å². The predicted octanol–water partition coefficient (Wildman–Crippen LogP) is 13.6. The molecule has 3 aliphatic rings. The van der Waals surface area contributed by atoms with E-state index < -0.39 is 0 Å². The Balaban J connectivity index is -0.000000113. The molecule has 3 fully saturated rings. The number of hydrogen-bond donors (Lipinski definition) is 0. The molecule has 0 heterocycles. The number of nitrogens with zero attached hydrogens (tertiary/aromatic N) is 3. The fourth-order valence-corrected chi connectivity index (χ4v) is 4.67. The van der Waals surface area contributed by atoms with Crippen LogP contribution in [0, 0.1) is 37.0 Å². The molecular formula is C39H77N3W3. The minimum atomic E-state index is 0. The molecule has 45 heavy (non-hydrogen) atoms. The van der Waals surface area contributed by atoms with E-state index in [4.69, 9.17) is 0 Å². The SMILES string of the molecule is CC.CC.CC.CC(C)[N-]C=CC1[CH-]CCCC1.CC(C)[N-]CC1[CH-]CCCC1.CC(C)[N-]CC=CC1[CH-]CCCC1.[W+2].[W+2].[W+2]. The van der Waals surface area contributed by atoms with Crippen LogP contribution in [0.5, 0.6) is 0 Å². The van der Waals surface area contributed by atoms with Crippen LogP contribution in [0.2, 0.25) is 0 Å². The second-order valence-electron chi connectivity index (χ2n) is 11.6. The van der Waals surface area contributed by atoms with Gasteiger partial charge in [0.25, 0.3) is 0 Å². The minimum Gasteiger partial charge on any atom is -0.689 e. The van der Waals surface area contributed by atoms with Crippen molar-refractivity contribution in [1.29, 1.82) is 0 Å². The summed E-state index contributed by atoms with van der Waals surface area (Å²) in [4.78, 5) is 0. The van der Waals surface area contributed by atoms with Gasteiger partial charge in [0.05, 0.1) is 0 Å². The van der Waals surface area contributed by atoms with Gasteiger partial charge >= 0.3 is 63.2 Å². The third kappa shape index (κ3) is 45.3. The fraction of sp³-hybridized carbons (Fsp3) is 0.821. The van der Waals surface area contributed by atoms with Crippen LogP contribution in [0.4, 0.5) is 0 Å². The first-order valence-corrected chi connectivity index (χ1v) is 18.2. The maximum absolute atomic E-state index is 4.52. The normalized spacial score (nSPS) is 20.5. The Kier molecular flexibility index (Phi) is 61.6. The number of rotatable bonds is 10. The van der Waals surface area contributed by atoms with Gasteiger partial charge in [0.15, 0.2) is 0 Å². The summed E-state index contributed by atoms with van der Waals surface area (Å²) in [6, 6.07) is 1.43. The Morgan fingerprint density at radius 3 is 1.38 bits per heavy atom. The van der Waals surface area contributed by atoms with Crippen molar-refractivity contribution in [1.82, 2.24) is 0 Å². The molecule has 0 aromatic carbocycles. The van der Waals surface area contributed by atoms with E-state index in [2.05, 4.69) is 95.0 Å². The summed E-state index contributed by atoms with van der Waals surface area (Å²) in [6.07, 6.45) is 32.4. The summed E-state index contributed by atoms with van der Waals surface area (Å²) in [6.45, 7) is 26.7. The van der Waals surface area contributed by atoms with Crippen molar-refractivity contribution in [3.63, 3.8) is 0 Å². The molecular weight excluding hydrogens is 1060 g/mol. The van der Waals surface area contributed by atoms with Gasteiger partial charge in [-0.1, -0.05) is 141 Å². The zero-order valence-electron chi connectivity index (χ0n) is 32.0. The molecule has 3 unspecified atom stereocenters. The first-order chi connectivity index (χ1) is 20.4. The van der Waals surface area contributed by atoms with Gasteiger partial charge in [-0.3, -0.25) is 0 Å². The zero-order valence-corrected chi connectivity index (χ0v) is 40.8. The van der Waals surface area contributed by atoms with Gasteiger partial charge in [-0.05, 0) is 0 Å². The molecule has 0 radical (unpaired) electrons. The Hall–Kier alpha value is 1.26. The fourth-order valence-electron chi connectivity index (χ4n) is 4.67. The van der Waals surface area contributed by atoms with Crippen molar-refractivity contribution in [2.45, 2.75) is 178 Å². The smallest absolute Gasteiger partial charge is 0.689 e. The molecule has 0 saturated heterocycles. The molecule has 3 aliphatic carbocycles. The van der Waals surface area contributed by atoms with E-state index >= 15 is 0 Å². The molecule has 0 bridgehead atoms. The van der Waals surface area contributed by atoms with Gasteiger partial charge in [0, 0.05) is 0 Å². The van der Waals surface area contributed by atoms with Crippen molar-refractivity contribution in [2.24, 2.45) is 17.8 Å². The quantitative estimate of drug-likeness (QED) is 0.155. The maximum Gasteiger partial charge on any atom is 2.00 e. The second kappa shape index (κ2) is 47.4. The molecule has 0 N–H and O–H groups in total. The molecule has 0 aliphatic heterocycles. The van der Waals surface area contributed by atoms with Gasteiger partial charge < -0.3 is 35.2 Å². The summed E-state index contributed by atoms with van der Waals surface area (Å²) in [5.41, 5.74) is 0. The number of allylic oxidation sites excluding steroid dienone is 2. The van der Waals surface area contributed by atoms with Crippen LogP contribution >= 0.6 is 0 Å².